The number of hydrogen-bond donors (Lipinski definition) is 2. The number of carbonyl (C=O) groups is 1. The molecule has 0 spiro atoms. The number of ether oxygens (including phenoxy) is 1. The molecule has 1 fully saturated rings. The predicted molar refractivity (Wildman–Crippen MR) is 147 cm³/mol. The zero-order valence-corrected chi connectivity index (χ0v) is 22.9. The number of methoxy groups -OCH3 is 1. The third-order valence-electron chi connectivity index (χ3n) is 6.87. The predicted octanol–water partition coefficient (Wildman–Crippen LogP) is 3.08. The highest BCUT2D eigenvalue weighted by Crippen LogP contribution is 2.32. The largest absolute Gasteiger partial charge is 0.755 e. The smallest absolute Gasteiger partial charge is 0.267 e. The standard InChI is InChI=1S/C27H31N3O7S2/c1-37-25-13-9-22(10-14-25)21-7-11-24(12-8-21)30(38(33)34)26(27(31)28-32)23-15-17-29(18-16-23)39(35,36)19-20-5-3-2-4-6-20/h2-14,23,26,32H,15-19H2,1H3,(H,28,31)(H,33,34)/p-1. The van der Waals surface area contributed by atoms with E-state index in [2.05, 4.69) is 0 Å². The van der Waals surface area contributed by atoms with Crippen LogP contribution in [0.15, 0.2) is 78.9 Å². The fourth-order valence-corrected chi connectivity index (χ4v) is 7.16. The van der Waals surface area contributed by atoms with Crippen LogP contribution in [0.25, 0.3) is 11.1 Å². The molecule has 1 aliphatic heterocycles. The Labute approximate surface area is 230 Å². The molecule has 39 heavy (non-hydrogen) atoms. The van der Waals surface area contributed by atoms with Crippen LogP contribution in [0.4, 0.5) is 5.69 Å². The third kappa shape index (κ3) is 6.84. The van der Waals surface area contributed by atoms with Gasteiger partial charge < -0.3 is 9.29 Å². The van der Waals surface area contributed by atoms with Crippen molar-refractivity contribution in [2.45, 2.75) is 24.6 Å². The molecule has 0 bridgehead atoms. The van der Waals surface area contributed by atoms with Gasteiger partial charge in [0.2, 0.25) is 10.0 Å². The van der Waals surface area contributed by atoms with E-state index in [0.29, 0.717) is 11.3 Å². The van der Waals surface area contributed by atoms with E-state index in [1.165, 1.54) is 4.31 Å². The van der Waals surface area contributed by atoms with E-state index in [9.17, 15) is 27.2 Å². The number of benzene rings is 3. The number of nitrogens with one attached hydrogen (secondary N) is 1. The molecule has 0 aromatic heterocycles. The van der Waals surface area contributed by atoms with Crippen molar-refractivity contribution in [3.8, 4) is 16.9 Å². The topological polar surface area (TPSA) is 139 Å². The Bertz CT molecular complexity index is 1380. The Balaban J connectivity index is 1.52. The van der Waals surface area contributed by atoms with Crippen LogP contribution in [0.2, 0.25) is 0 Å². The van der Waals surface area contributed by atoms with Gasteiger partial charge in [0.1, 0.15) is 11.8 Å². The van der Waals surface area contributed by atoms with Gasteiger partial charge in [0.15, 0.2) is 0 Å². The second kappa shape index (κ2) is 12.7. The molecule has 1 aliphatic rings. The van der Waals surface area contributed by atoms with E-state index >= 15 is 0 Å². The fourth-order valence-electron chi connectivity index (χ4n) is 4.85. The molecule has 10 nitrogen and oxygen atoms in total. The van der Waals surface area contributed by atoms with E-state index in [4.69, 9.17) is 4.74 Å². The molecule has 0 radical (unpaired) electrons. The summed E-state index contributed by atoms with van der Waals surface area (Å²) in [5.74, 6) is -0.848. The Morgan fingerprint density at radius 1 is 1.05 bits per heavy atom. The monoisotopic (exact) mass is 572 g/mol. The highest BCUT2D eigenvalue weighted by atomic mass is 32.2. The van der Waals surface area contributed by atoms with Gasteiger partial charge in [-0.2, -0.15) is 0 Å². The first kappa shape index (κ1) is 28.7. The first-order valence-corrected chi connectivity index (χ1v) is 15.0. The number of nitrogens with zero attached hydrogens (tertiary/aromatic N) is 2. The van der Waals surface area contributed by atoms with Crippen LogP contribution < -0.4 is 14.5 Å². The molecule has 3 aromatic carbocycles. The maximum atomic E-state index is 13.0. The van der Waals surface area contributed by atoms with Gasteiger partial charge in [0.05, 0.1) is 12.9 Å². The highest BCUT2D eigenvalue weighted by molar-refractivity contribution is 7.88. The van der Waals surface area contributed by atoms with Crippen LogP contribution in [-0.4, -0.2) is 58.8 Å². The summed E-state index contributed by atoms with van der Waals surface area (Å²) < 4.78 is 58.2. The number of rotatable bonds is 10. The molecule has 2 N–H and O–H groups in total. The van der Waals surface area contributed by atoms with Crippen molar-refractivity contribution in [3.63, 3.8) is 0 Å². The average molecular weight is 573 g/mol. The number of sulfonamides is 1. The maximum absolute atomic E-state index is 13.0. The maximum Gasteiger partial charge on any atom is 0.267 e. The van der Waals surface area contributed by atoms with Crippen molar-refractivity contribution in [2.75, 3.05) is 24.5 Å². The van der Waals surface area contributed by atoms with Gasteiger partial charge in [0, 0.05) is 30.0 Å². The van der Waals surface area contributed by atoms with E-state index in [1.807, 2.05) is 30.3 Å². The lowest BCUT2D eigenvalue weighted by Crippen LogP contribution is -2.54. The van der Waals surface area contributed by atoms with Crippen LogP contribution in [-0.2, 0) is 31.8 Å². The molecule has 2 atom stereocenters. The SMILES string of the molecule is COc1ccc(-c2ccc(N(C(C(=O)NO)C3CCN(S(=O)(=O)Cc4ccccc4)CC3)S(=O)[O-])cc2)cc1. The molecule has 0 aliphatic carbocycles. The summed E-state index contributed by atoms with van der Waals surface area (Å²) in [5, 5.41) is 9.45. The summed E-state index contributed by atoms with van der Waals surface area (Å²) in [7, 11) is -2.02. The van der Waals surface area contributed by atoms with Crippen LogP contribution in [0, 0.1) is 5.92 Å². The Morgan fingerprint density at radius 2 is 1.62 bits per heavy atom. The lowest BCUT2D eigenvalue weighted by Gasteiger charge is -2.41. The zero-order valence-electron chi connectivity index (χ0n) is 21.3. The molecule has 0 saturated carbocycles. The van der Waals surface area contributed by atoms with Gasteiger partial charge in [-0.25, -0.2) is 18.2 Å². The Kier molecular flexibility index (Phi) is 9.36. The van der Waals surface area contributed by atoms with Crippen LogP contribution in [0.5, 0.6) is 5.75 Å². The average Bonchev–Trinajstić information content (AvgIpc) is 2.96. The summed E-state index contributed by atoms with van der Waals surface area (Å²) in [4.78, 5) is 12.8. The van der Waals surface area contributed by atoms with Gasteiger partial charge in [-0.15, -0.1) is 0 Å². The minimum Gasteiger partial charge on any atom is -0.755 e. The molecule has 1 amide bonds. The van der Waals surface area contributed by atoms with E-state index < -0.39 is 39.2 Å². The molecule has 4 rings (SSSR count). The number of anilines is 1. The molecular weight excluding hydrogens is 542 g/mol. The van der Waals surface area contributed by atoms with Gasteiger partial charge >= 0.3 is 0 Å². The lowest BCUT2D eigenvalue weighted by molar-refractivity contribution is -0.131. The number of carbonyl (C=O) groups excluding carboxylic acids is 1. The molecule has 12 heteroatoms. The van der Waals surface area contributed by atoms with Crippen LogP contribution >= 0.6 is 0 Å². The summed E-state index contributed by atoms with van der Waals surface area (Å²) in [6, 6.07) is 21.6. The van der Waals surface area contributed by atoms with Crippen molar-refractivity contribution >= 4 is 32.9 Å². The lowest BCUT2D eigenvalue weighted by atomic mass is 9.89. The number of piperidine rings is 1. The highest BCUT2D eigenvalue weighted by Gasteiger charge is 2.39. The van der Waals surface area contributed by atoms with Crippen molar-refractivity contribution < 1.29 is 31.9 Å². The first-order valence-electron chi connectivity index (χ1n) is 12.3. The van der Waals surface area contributed by atoms with Crippen molar-refractivity contribution in [3.05, 3.63) is 84.4 Å². The third-order valence-corrected chi connectivity index (χ3v) is 9.48. The Hall–Kier alpha value is -3.29. The number of hydroxylamine groups is 1. The zero-order chi connectivity index (χ0) is 28.0. The molecular formula is C27H30N3O7S2-. The molecule has 2 unspecified atom stereocenters. The molecule has 1 heterocycles. The second-order valence-corrected chi connectivity index (χ2v) is 12.0. The van der Waals surface area contributed by atoms with Gasteiger partial charge in [0.25, 0.3) is 5.91 Å². The molecule has 3 aromatic rings. The normalized spacial score (nSPS) is 16.3. The van der Waals surface area contributed by atoms with Gasteiger partial charge in [-0.3, -0.25) is 18.5 Å². The van der Waals surface area contributed by atoms with Crippen molar-refractivity contribution in [1.82, 2.24) is 9.79 Å². The van der Waals surface area contributed by atoms with Gasteiger partial charge in [-0.1, -0.05) is 54.6 Å². The second-order valence-electron chi connectivity index (χ2n) is 9.22. The van der Waals surface area contributed by atoms with E-state index in [1.54, 1.807) is 61.1 Å². The van der Waals surface area contributed by atoms with E-state index in [0.717, 1.165) is 15.4 Å². The molecule has 1 saturated heterocycles. The van der Waals surface area contributed by atoms with Gasteiger partial charge in [-0.05, 0) is 59.7 Å². The first-order chi connectivity index (χ1) is 18.7. The van der Waals surface area contributed by atoms with Crippen LogP contribution in [0.1, 0.15) is 18.4 Å². The minimum atomic E-state index is -3.60. The summed E-state index contributed by atoms with van der Waals surface area (Å²) in [5.41, 5.74) is 4.23. The van der Waals surface area contributed by atoms with E-state index in [-0.39, 0.29) is 37.4 Å². The minimum absolute atomic E-state index is 0.130. The summed E-state index contributed by atoms with van der Waals surface area (Å²) >= 11 is -2.85. The van der Waals surface area contributed by atoms with Crippen LogP contribution in [0.3, 0.4) is 0 Å². The summed E-state index contributed by atoms with van der Waals surface area (Å²) in [6.07, 6.45) is 0.480. The number of amides is 1. The van der Waals surface area contributed by atoms with Crippen molar-refractivity contribution in [1.29, 1.82) is 0 Å². The fraction of sp³-hybridized carbons (Fsp3) is 0.296. The summed E-state index contributed by atoms with van der Waals surface area (Å²) in [6.45, 7) is 0.259. The van der Waals surface area contributed by atoms with Crippen molar-refractivity contribution in [2.24, 2.45) is 5.92 Å². The molecule has 208 valence electrons. The number of hydrogen-bond acceptors (Lipinski definition) is 7. The quantitative estimate of drug-likeness (QED) is 0.216. The Morgan fingerprint density at radius 3 is 2.13 bits per heavy atom.